The maximum absolute atomic E-state index is 10.6. The Morgan fingerprint density at radius 3 is 2.77 bits per heavy atom. The van der Waals surface area contributed by atoms with Crippen LogP contribution >= 0.6 is 23.2 Å². The van der Waals surface area contributed by atoms with Crippen molar-refractivity contribution in [2.24, 2.45) is 0 Å². The van der Waals surface area contributed by atoms with E-state index in [2.05, 4.69) is 0 Å². The molecule has 2 aromatic rings. The Balaban J connectivity index is 2.93. The molecule has 2 rings (SSSR count). The topological polar surface area (TPSA) is 30.2 Å². The van der Waals surface area contributed by atoms with Crippen LogP contribution in [-0.2, 0) is 0 Å². The van der Waals surface area contributed by atoms with Gasteiger partial charge in [-0.15, -0.1) is 0 Å². The first-order valence-electron chi connectivity index (χ1n) is 3.55. The molecular formula is C9H4Cl2O2. The number of furan rings is 1. The van der Waals surface area contributed by atoms with Gasteiger partial charge in [-0.3, -0.25) is 4.79 Å². The lowest BCUT2D eigenvalue weighted by atomic mass is 10.2. The fourth-order valence-electron chi connectivity index (χ4n) is 1.18. The highest BCUT2D eigenvalue weighted by Crippen LogP contribution is 2.32. The van der Waals surface area contributed by atoms with Crippen molar-refractivity contribution < 1.29 is 9.21 Å². The van der Waals surface area contributed by atoms with Crippen molar-refractivity contribution in [3.63, 3.8) is 0 Å². The lowest BCUT2D eigenvalue weighted by molar-refractivity contribution is 0.112. The van der Waals surface area contributed by atoms with Crippen molar-refractivity contribution in [1.29, 1.82) is 0 Å². The van der Waals surface area contributed by atoms with Crippen LogP contribution in [0.2, 0.25) is 10.2 Å². The van der Waals surface area contributed by atoms with Crippen molar-refractivity contribution in [3.8, 4) is 0 Å². The van der Waals surface area contributed by atoms with Crippen LogP contribution in [0.25, 0.3) is 11.0 Å². The lowest BCUT2D eigenvalue weighted by Crippen LogP contribution is -1.75. The molecule has 0 bridgehead atoms. The Labute approximate surface area is 84.0 Å². The highest BCUT2D eigenvalue weighted by atomic mass is 35.5. The molecule has 0 aliphatic heterocycles. The third kappa shape index (κ3) is 1.23. The number of carbonyl (C=O) groups is 1. The molecule has 0 atom stereocenters. The van der Waals surface area contributed by atoms with Gasteiger partial charge < -0.3 is 4.42 Å². The van der Waals surface area contributed by atoms with E-state index in [0.29, 0.717) is 27.8 Å². The van der Waals surface area contributed by atoms with E-state index < -0.39 is 0 Å². The summed E-state index contributed by atoms with van der Waals surface area (Å²) in [6.07, 6.45) is 0.657. The SMILES string of the molecule is O=Cc1c(Cl)oc2c(Cl)cccc12. The monoisotopic (exact) mass is 214 g/mol. The number of rotatable bonds is 1. The molecule has 1 aromatic heterocycles. The van der Waals surface area contributed by atoms with Gasteiger partial charge in [-0.2, -0.15) is 0 Å². The molecular weight excluding hydrogens is 211 g/mol. The van der Waals surface area contributed by atoms with Gasteiger partial charge in [0.25, 0.3) is 0 Å². The van der Waals surface area contributed by atoms with E-state index in [9.17, 15) is 4.79 Å². The zero-order valence-electron chi connectivity index (χ0n) is 6.38. The lowest BCUT2D eigenvalue weighted by Gasteiger charge is -1.89. The van der Waals surface area contributed by atoms with E-state index in [4.69, 9.17) is 27.6 Å². The summed E-state index contributed by atoms with van der Waals surface area (Å²) in [5.74, 6) is 0. The molecule has 0 fully saturated rings. The normalized spacial score (nSPS) is 10.6. The van der Waals surface area contributed by atoms with Gasteiger partial charge in [0.15, 0.2) is 11.9 Å². The molecule has 1 heterocycles. The van der Waals surface area contributed by atoms with E-state index in [1.807, 2.05) is 0 Å². The molecule has 1 aromatic carbocycles. The van der Waals surface area contributed by atoms with Gasteiger partial charge >= 0.3 is 0 Å². The molecule has 0 unspecified atom stereocenters. The quantitative estimate of drug-likeness (QED) is 0.680. The van der Waals surface area contributed by atoms with Gasteiger partial charge in [0.05, 0.1) is 10.6 Å². The Kier molecular flexibility index (Phi) is 2.02. The van der Waals surface area contributed by atoms with Crippen LogP contribution in [0.1, 0.15) is 10.4 Å². The van der Waals surface area contributed by atoms with E-state index in [1.165, 1.54) is 0 Å². The Hall–Kier alpha value is -0.990. The largest absolute Gasteiger partial charge is 0.442 e. The fraction of sp³-hybridized carbons (Fsp3) is 0. The molecule has 0 N–H and O–H groups in total. The molecule has 0 radical (unpaired) electrons. The number of hydrogen-bond acceptors (Lipinski definition) is 2. The fourth-order valence-corrected chi connectivity index (χ4v) is 1.62. The van der Waals surface area contributed by atoms with Crippen LogP contribution < -0.4 is 0 Å². The number of fused-ring (bicyclic) bond motifs is 1. The first-order valence-corrected chi connectivity index (χ1v) is 4.31. The van der Waals surface area contributed by atoms with Crippen LogP contribution in [0.5, 0.6) is 0 Å². The predicted octanol–water partition coefficient (Wildman–Crippen LogP) is 3.55. The van der Waals surface area contributed by atoms with Crippen molar-refractivity contribution in [3.05, 3.63) is 34.0 Å². The number of benzene rings is 1. The van der Waals surface area contributed by atoms with Crippen LogP contribution in [0.15, 0.2) is 22.6 Å². The number of aldehydes is 1. The Morgan fingerprint density at radius 2 is 2.08 bits per heavy atom. The van der Waals surface area contributed by atoms with Gasteiger partial charge in [-0.05, 0) is 17.7 Å². The summed E-state index contributed by atoms with van der Waals surface area (Å²) < 4.78 is 5.12. The molecule has 66 valence electrons. The van der Waals surface area contributed by atoms with Crippen molar-refractivity contribution in [2.75, 3.05) is 0 Å². The summed E-state index contributed by atoms with van der Waals surface area (Å²) >= 11 is 11.5. The van der Waals surface area contributed by atoms with Gasteiger partial charge in [0.2, 0.25) is 5.22 Å². The number of halogens is 2. The molecule has 0 saturated heterocycles. The zero-order chi connectivity index (χ0) is 9.42. The van der Waals surface area contributed by atoms with Gasteiger partial charge in [0, 0.05) is 5.39 Å². The molecule has 0 aliphatic rings. The number of carbonyl (C=O) groups excluding carboxylic acids is 1. The standard InChI is InChI=1S/C9H4Cl2O2/c10-7-3-1-2-5-6(4-12)9(11)13-8(5)7/h1-4H. The predicted molar refractivity (Wildman–Crippen MR) is 51.6 cm³/mol. The third-order valence-electron chi connectivity index (χ3n) is 1.78. The molecule has 0 aliphatic carbocycles. The first-order chi connectivity index (χ1) is 6.24. The van der Waals surface area contributed by atoms with Crippen LogP contribution in [0, 0.1) is 0 Å². The second kappa shape index (κ2) is 3.05. The van der Waals surface area contributed by atoms with E-state index in [1.54, 1.807) is 18.2 Å². The summed E-state index contributed by atoms with van der Waals surface area (Å²) in [5, 5.41) is 1.18. The highest BCUT2D eigenvalue weighted by molar-refractivity contribution is 6.37. The van der Waals surface area contributed by atoms with Crippen LogP contribution in [0.3, 0.4) is 0 Å². The maximum atomic E-state index is 10.6. The van der Waals surface area contributed by atoms with Crippen molar-refractivity contribution in [2.45, 2.75) is 0 Å². The summed E-state index contributed by atoms with van der Waals surface area (Å²) in [7, 11) is 0. The van der Waals surface area contributed by atoms with E-state index in [-0.39, 0.29) is 5.22 Å². The average molecular weight is 215 g/mol. The Morgan fingerprint density at radius 1 is 1.31 bits per heavy atom. The van der Waals surface area contributed by atoms with Gasteiger partial charge in [-0.1, -0.05) is 23.7 Å². The molecule has 0 saturated carbocycles. The number of para-hydroxylation sites is 1. The minimum atomic E-state index is 0.0816. The first kappa shape index (κ1) is 8.60. The average Bonchev–Trinajstić information content (AvgIpc) is 2.43. The smallest absolute Gasteiger partial charge is 0.205 e. The van der Waals surface area contributed by atoms with E-state index in [0.717, 1.165) is 0 Å². The number of hydrogen-bond donors (Lipinski definition) is 0. The van der Waals surface area contributed by atoms with Crippen molar-refractivity contribution in [1.82, 2.24) is 0 Å². The molecule has 13 heavy (non-hydrogen) atoms. The summed E-state index contributed by atoms with van der Waals surface area (Å²) in [4.78, 5) is 10.6. The highest BCUT2D eigenvalue weighted by Gasteiger charge is 2.13. The maximum Gasteiger partial charge on any atom is 0.205 e. The molecule has 4 heteroatoms. The molecule has 2 nitrogen and oxygen atoms in total. The summed E-state index contributed by atoms with van der Waals surface area (Å²) in [6.45, 7) is 0. The van der Waals surface area contributed by atoms with Crippen LogP contribution in [0.4, 0.5) is 0 Å². The minimum absolute atomic E-state index is 0.0816. The zero-order valence-corrected chi connectivity index (χ0v) is 7.89. The molecule has 0 amide bonds. The second-order valence-electron chi connectivity index (χ2n) is 2.52. The van der Waals surface area contributed by atoms with E-state index >= 15 is 0 Å². The summed E-state index contributed by atoms with van der Waals surface area (Å²) in [6, 6.07) is 5.15. The molecule has 0 spiro atoms. The van der Waals surface area contributed by atoms with Crippen LogP contribution in [-0.4, -0.2) is 6.29 Å². The second-order valence-corrected chi connectivity index (χ2v) is 3.27. The Bertz CT molecular complexity index is 474. The van der Waals surface area contributed by atoms with Gasteiger partial charge in [-0.25, -0.2) is 0 Å². The third-order valence-corrected chi connectivity index (χ3v) is 2.36. The van der Waals surface area contributed by atoms with Gasteiger partial charge in [0.1, 0.15) is 0 Å². The minimum Gasteiger partial charge on any atom is -0.442 e. The summed E-state index contributed by atoms with van der Waals surface area (Å²) in [5.41, 5.74) is 0.801. The van der Waals surface area contributed by atoms with Crippen molar-refractivity contribution >= 4 is 40.5 Å².